The van der Waals surface area contributed by atoms with Gasteiger partial charge in [-0.25, -0.2) is 13.2 Å². The molecule has 0 aromatic heterocycles. The highest BCUT2D eigenvalue weighted by Crippen LogP contribution is 2.25. The summed E-state index contributed by atoms with van der Waals surface area (Å²) in [7, 11) is 0. The van der Waals surface area contributed by atoms with E-state index in [-0.39, 0.29) is 0 Å². The Balaban J connectivity index is 3.23. The quantitative estimate of drug-likeness (QED) is 0.691. The van der Waals surface area contributed by atoms with Crippen LogP contribution in [0.2, 0.25) is 0 Å². The van der Waals surface area contributed by atoms with E-state index in [1.54, 1.807) is 6.92 Å². The van der Waals surface area contributed by atoms with Crippen LogP contribution in [0.5, 0.6) is 0 Å². The molecule has 0 bridgehead atoms. The molecule has 0 unspecified atom stereocenters. The molecule has 1 rings (SSSR count). The molecule has 0 nitrogen and oxygen atoms in total. The third-order valence-corrected chi connectivity index (χ3v) is 2.68. The number of rotatable bonds is 1. The van der Waals surface area contributed by atoms with Gasteiger partial charge >= 0.3 is 0 Å². The Morgan fingerprint density at radius 3 is 2.42 bits per heavy atom. The lowest BCUT2D eigenvalue weighted by Gasteiger charge is -2.04. The SMILES string of the molecule is Cc1cc(C(F)F)c(F)cc1I. The fraction of sp³-hybridized carbons (Fsp3) is 0.250. The van der Waals surface area contributed by atoms with Gasteiger partial charge in [-0.05, 0) is 47.2 Å². The smallest absolute Gasteiger partial charge is 0.206 e. The van der Waals surface area contributed by atoms with Crippen LogP contribution in [0.15, 0.2) is 12.1 Å². The molecule has 1 aromatic carbocycles. The van der Waals surface area contributed by atoms with Gasteiger partial charge in [0.2, 0.25) is 0 Å². The second-order valence-corrected chi connectivity index (χ2v) is 3.59. The molecule has 0 fully saturated rings. The Morgan fingerprint density at radius 1 is 1.33 bits per heavy atom. The first-order chi connectivity index (χ1) is 5.52. The summed E-state index contributed by atoms with van der Waals surface area (Å²) < 4.78 is 37.7. The number of hydrogen-bond acceptors (Lipinski definition) is 0. The van der Waals surface area contributed by atoms with Crippen molar-refractivity contribution in [1.29, 1.82) is 0 Å². The second kappa shape index (κ2) is 3.64. The van der Waals surface area contributed by atoms with E-state index in [2.05, 4.69) is 0 Å². The van der Waals surface area contributed by atoms with Gasteiger partial charge in [-0.1, -0.05) is 0 Å². The molecule has 66 valence electrons. The largest absolute Gasteiger partial charge is 0.266 e. The van der Waals surface area contributed by atoms with Crippen molar-refractivity contribution in [1.82, 2.24) is 0 Å². The summed E-state index contributed by atoms with van der Waals surface area (Å²) in [6, 6.07) is 2.30. The molecule has 0 heterocycles. The van der Waals surface area contributed by atoms with Crippen LogP contribution >= 0.6 is 22.6 Å². The van der Waals surface area contributed by atoms with Gasteiger partial charge in [-0.15, -0.1) is 0 Å². The van der Waals surface area contributed by atoms with Gasteiger partial charge in [0.05, 0.1) is 5.56 Å². The summed E-state index contributed by atoms with van der Waals surface area (Å²) in [5.41, 5.74) is 0.153. The number of alkyl halides is 2. The van der Waals surface area contributed by atoms with Crippen molar-refractivity contribution in [2.45, 2.75) is 13.3 Å². The van der Waals surface area contributed by atoms with E-state index in [9.17, 15) is 13.2 Å². The fourth-order valence-electron chi connectivity index (χ4n) is 0.847. The standard InChI is InChI=1S/C8H6F3I/c1-4-2-5(8(10)11)6(9)3-7(4)12/h2-3,8H,1H3. The van der Waals surface area contributed by atoms with Crippen LogP contribution in [0.3, 0.4) is 0 Å². The predicted octanol–water partition coefficient (Wildman–Crippen LogP) is 3.68. The second-order valence-electron chi connectivity index (χ2n) is 2.42. The number of hydrogen-bond donors (Lipinski definition) is 0. The first-order valence-corrected chi connectivity index (χ1v) is 4.34. The fourth-order valence-corrected chi connectivity index (χ4v) is 1.28. The molecule has 0 atom stereocenters. The van der Waals surface area contributed by atoms with Crippen molar-refractivity contribution in [3.8, 4) is 0 Å². The minimum absolute atomic E-state index is 0.520. The molecule has 0 spiro atoms. The van der Waals surface area contributed by atoms with Crippen LogP contribution in [0, 0.1) is 16.3 Å². The lowest BCUT2D eigenvalue weighted by Crippen LogP contribution is -1.93. The van der Waals surface area contributed by atoms with E-state index in [1.165, 1.54) is 6.07 Å². The summed E-state index contributed by atoms with van der Waals surface area (Å²) >= 11 is 1.91. The highest BCUT2D eigenvalue weighted by molar-refractivity contribution is 14.1. The summed E-state index contributed by atoms with van der Waals surface area (Å²) in [6.45, 7) is 1.67. The highest BCUT2D eigenvalue weighted by Gasteiger charge is 2.14. The predicted molar refractivity (Wildman–Crippen MR) is 48.8 cm³/mol. The third-order valence-electron chi connectivity index (χ3n) is 1.51. The van der Waals surface area contributed by atoms with Crippen molar-refractivity contribution in [3.05, 3.63) is 32.6 Å². The molecule has 4 heteroatoms. The molecule has 0 amide bonds. The molecule has 0 saturated carbocycles. The van der Waals surface area contributed by atoms with Gasteiger partial charge in [0, 0.05) is 3.57 Å². The molecule has 0 saturated heterocycles. The van der Waals surface area contributed by atoms with E-state index in [0.29, 0.717) is 9.13 Å². The lowest BCUT2D eigenvalue weighted by atomic mass is 10.1. The molecule has 0 aliphatic rings. The van der Waals surface area contributed by atoms with E-state index < -0.39 is 17.8 Å². The van der Waals surface area contributed by atoms with Gasteiger partial charge in [0.15, 0.2) is 0 Å². The Kier molecular flexibility index (Phi) is 2.98. The lowest BCUT2D eigenvalue weighted by molar-refractivity contribution is 0.146. The molecule has 0 radical (unpaired) electrons. The third kappa shape index (κ3) is 1.91. The molecule has 0 aliphatic carbocycles. The van der Waals surface area contributed by atoms with Gasteiger partial charge < -0.3 is 0 Å². The van der Waals surface area contributed by atoms with Crippen LogP contribution in [0.25, 0.3) is 0 Å². The molecule has 12 heavy (non-hydrogen) atoms. The molecular weight excluding hydrogens is 280 g/mol. The Bertz CT molecular complexity index is 297. The maximum atomic E-state index is 12.8. The first-order valence-electron chi connectivity index (χ1n) is 3.26. The van der Waals surface area contributed by atoms with Crippen molar-refractivity contribution in [2.75, 3.05) is 0 Å². The monoisotopic (exact) mass is 286 g/mol. The van der Waals surface area contributed by atoms with E-state index in [1.807, 2.05) is 22.6 Å². The molecule has 0 N–H and O–H groups in total. The number of benzene rings is 1. The first kappa shape index (κ1) is 9.83. The molecule has 0 aliphatic heterocycles. The highest BCUT2D eigenvalue weighted by atomic mass is 127. The van der Waals surface area contributed by atoms with Crippen LogP contribution in [0.1, 0.15) is 17.6 Å². The van der Waals surface area contributed by atoms with Crippen molar-refractivity contribution < 1.29 is 13.2 Å². The zero-order chi connectivity index (χ0) is 9.30. The Hall–Kier alpha value is -0.260. The average Bonchev–Trinajstić information content (AvgIpc) is 1.96. The summed E-state index contributed by atoms with van der Waals surface area (Å²) in [5, 5.41) is 0. The van der Waals surface area contributed by atoms with Gasteiger partial charge in [0.1, 0.15) is 5.82 Å². The molecule has 1 aromatic rings. The van der Waals surface area contributed by atoms with Crippen molar-refractivity contribution >= 4 is 22.6 Å². The van der Waals surface area contributed by atoms with Crippen LogP contribution < -0.4 is 0 Å². The van der Waals surface area contributed by atoms with Crippen molar-refractivity contribution in [3.63, 3.8) is 0 Å². The van der Waals surface area contributed by atoms with Gasteiger partial charge in [0.25, 0.3) is 6.43 Å². The average molecular weight is 286 g/mol. The zero-order valence-corrected chi connectivity index (χ0v) is 8.40. The van der Waals surface area contributed by atoms with E-state index in [4.69, 9.17) is 0 Å². The Morgan fingerprint density at radius 2 is 1.92 bits per heavy atom. The van der Waals surface area contributed by atoms with E-state index in [0.717, 1.165) is 6.07 Å². The van der Waals surface area contributed by atoms with Crippen LogP contribution in [-0.4, -0.2) is 0 Å². The maximum absolute atomic E-state index is 12.8. The number of aryl methyl sites for hydroxylation is 1. The normalized spacial score (nSPS) is 10.8. The summed E-state index contributed by atoms with van der Waals surface area (Å²) in [4.78, 5) is 0. The maximum Gasteiger partial charge on any atom is 0.266 e. The van der Waals surface area contributed by atoms with Crippen LogP contribution in [0.4, 0.5) is 13.2 Å². The minimum Gasteiger partial charge on any atom is -0.206 e. The number of halogens is 4. The van der Waals surface area contributed by atoms with Gasteiger partial charge in [-0.2, -0.15) is 0 Å². The van der Waals surface area contributed by atoms with Gasteiger partial charge in [-0.3, -0.25) is 0 Å². The Labute approximate surface area is 81.9 Å². The summed E-state index contributed by atoms with van der Waals surface area (Å²) in [6.07, 6.45) is -2.74. The van der Waals surface area contributed by atoms with Crippen LogP contribution in [-0.2, 0) is 0 Å². The van der Waals surface area contributed by atoms with E-state index >= 15 is 0 Å². The topological polar surface area (TPSA) is 0 Å². The van der Waals surface area contributed by atoms with Crippen molar-refractivity contribution in [2.24, 2.45) is 0 Å². The zero-order valence-electron chi connectivity index (χ0n) is 6.24. The summed E-state index contributed by atoms with van der Waals surface area (Å²) in [5.74, 6) is -0.833. The minimum atomic E-state index is -2.74. The molecular formula is C8H6F3I.